The Bertz CT molecular complexity index is 675. The van der Waals surface area contributed by atoms with E-state index in [4.69, 9.17) is 9.84 Å². The number of aryl methyl sites for hydroxylation is 1. The Morgan fingerprint density at radius 3 is 2.80 bits per heavy atom. The first-order valence-corrected chi connectivity index (χ1v) is 6.58. The van der Waals surface area contributed by atoms with Gasteiger partial charge in [-0.3, -0.25) is 4.79 Å². The van der Waals surface area contributed by atoms with Crippen LogP contribution in [0.2, 0.25) is 0 Å². The molecule has 0 fully saturated rings. The zero-order chi connectivity index (χ0) is 14.5. The van der Waals surface area contributed by atoms with Crippen molar-refractivity contribution in [3.63, 3.8) is 0 Å². The van der Waals surface area contributed by atoms with Crippen molar-refractivity contribution in [1.82, 2.24) is 4.57 Å². The molecule has 2 aromatic rings. The van der Waals surface area contributed by atoms with Gasteiger partial charge in [0.05, 0.1) is 5.52 Å². The molecule has 0 spiro atoms. The second-order valence-electron chi connectivity index (χ2n) is 4.44. The summed E-state index contributed by atoms with van der Waals surface area (Å²) in [6.45, 7) is 3.81. The lowest BCUT2D eigenvalue weighted by Crippen LogP contribution is -2.19. The van der Waals surface area contributed by atoms with Crippen LogP contribution in [-0.2, 0) is 11.3 Å². The molecule has 106 valence electrons. The number of benzene rings is 1. The van der Waals surface area contributed by atoms with Gasteiger partial charge in [0, 0.05) is 31.3 Å². The molecule has 0 aliphatic rings. The standard InChI is InChI=1S/C15H17NO4/c1-2-20-9-5-8-16-10-12(15(18)19)14(17)11-6-3-4-7-13(11)16/h3-4,6-7,10H,2,5,8-9H2,1H3,(H,18,19). The fourth-order valence-corrected chi connectivity index (χ4v) is 2.16. The van der Waals surface area contributed by atoms with Crippen molar-refractivity contribution in [3.8, 4) is 0 Å². The summed E-state index contributed by atoms with van der Waals surface area (Å²) in [5, 5.41) is 9.56. The van der Waals surface area contributed by atoms with Crippen LogP contribution in [0.25, 0.3) is 10.9 Å². The van der Waals surface area contributed by atoms with E-state index >= 15 is 0 Å². The van der Waals surface area contributed by atoms with Crippen LogP contribution in [0.1, 0.15) is 23.7 Å². The highest BCUT2D eigenvalue weighted by Crippen LogP contribution is 2.12. The first-order chi connectivity index (χ1) is 9.65. The van der Waals surface area contributed by atoms with Crippen LogP contribution in [-0.4, -0.2) is 28.9 Å². The van der Waals surface area contributed by atoms with Gasteiger partial charge in [-0.15, -0.1) is 0 Å². The van der Waals surface area contributed by atoms with Gasteiger partial charge >= 0.3 is 5.97 Å². The van der Waals surface area contributed by atoms with Crippen molar-refractivity contribution in [2.24, 2.45) is 0 Å². The monoisotopic (exact) mass is 275 g/mol. The average Bonchev–Trinajstić information content (AvgIpc) is 2.45. The molecule has 1 aromatic heterocycles. The largest absolute Gasteiger partial charge is 0.477 e. The van der Waals surface area contributed by atoms with Crippen molar-refractivity contribution in [2.45, 2.75) is 19.9 Å². The van der Waals surface area contributed by atoms with E-state index in [9.17, 15) is 9.59 Å². The highest BCUT2D eigenvalue weighted by atomic mass is 16.5. The van der Waals surface area contributed by atoms with E-state index in [0.29, 0.717) is 25.1 Å². The van der Waals surface area contributed by atoms with E-state index in [1.165, 1.54) is 6.20 Å². The Kier molecular flexibility index (Phi) is 4.53. The number of hydrogen-bond acceptors (Lipinski definition) is 3. The molecule has 0 radical (unpaired) electrons. The molecule has 0 unspecified atom stereocenters. The first kappa shape index (κ1) is 14.3. The number of carboxylic acids is 1. The Morgan fingerprint density at radius 2 is 2.10 bits per heavy atom. The molecule has 1 aromatic carbocycles. The zero-order valence-corrected chi connectivity index (χ0v) is 11.3. The number of carbonyl (C=O) groups is 1. The Labute approximate surface area is 116 Å². The summed E-state index contributed by atoms with van der Waals surface area (Å²) in [5.41, 5.74) is 0.119. The smallest absolute Gasteiger partial charge is 0.341 e. The minimum absolute atomic E-state index is 0.194. The summed E-state index contributed by atoms with van der Waals surface area (Å²) >= 11 is 0. The van der Waals surface area contributed by atoms with E-state index in [-0.39, 0.29) is 5.56 Å². The lowest BCUT2D eigenvalue weighted by molar-refractivity contribution is 0.0695. The summed E-state index contributed by atoms with van der Waals surface area (Å²) in [4.78, 5) is 23.2. The van der Waals surface area contributed by atoms with Crippen molar-refractivity contribution in [2.75, 3.05) is 13.2 Å². The fourth-order valence-electron chi connectivity index (χ4n) is 2.16. The second kappa shape index (κ2) is 6.34. The number of hydrogen-bond donors (Lipinski definition) is 1. The molecule has 0 saturated heterocycles. The maximum Gasteiger partial charge on any atom is 0.341 e. The molecular formula is C15H17NO4. The zero-order valence-electron chi connectivity index (χ0n) is 11.3. The van der Waals surface area contributed by atoms with Gasteiger partial charge in [-0.1, -0.05) is 12.1 Å². The predicted molar refractivity (Wildman–Crippen MR) is 76.3 cm³/mol. The van der Waals surface area contributed by atoms with E-state index < -0.39 is 11.4 Å². The molecule has 0 atom stereocenters. The van der Waals surface area contributed by atoms with Crippen molar-refractivity contribution in [3.05, 3.63) is 46.2 Å². The molecule has 2 rings (SSSR count). The van der Waals surface area contributed by atoms with Crippen LogP contribution in [0.5, 0.6) is 0 Å². The van der Waals surface area contributed by atoms with Gasteiger partial charge in [0.15, 0.2) is 0 Å². The van der Waals surface area contributed by atoms with Crippen LogP contribution < -0.4 is 5.43 Å². The number of rotatable bonds is 6. The number of carboxylic acid groups (broad SMARTS) is 1. The first-order valence-electron chi connectivity index (χ1n) is 6.58. The van der Waals surface area contributed by atoms with E-state index in [1.807, 2.05) is 19.1 Å². The summed E-state index contributed by atoms with van der Waals surface area (Å²) < 4.78 is 7.08. The molecule has 0 aliphatic heterocycles. The number of fused-ring (bicyclic) bond motifs is 1. The summed E-state index contributed by atoms with van der Waals surface area (Å²) in [7, 11) is 0. The van der Waals surface area contributed by atoms with Crippen molar-refractivity contribution in [1.29, 1.82) is 0 Å². The third-order valence-corrected chi connectivity index (χ3v) is 3.11. The third-order valence-electron chi connectivity index (χ3n) is 3.11. The van der Waals surface area contributed by atoms with Crippen LogP contribution in [0.15, 0.2) is 35.3 Å². The maximum absolute atomic E-state index is 12.1. The van der Waals surface area contributed by atoms with Crippen LogP contribution in [0.4, 0.5) is 0 Å². The van der Waals surface area contributed by atoms with Gasteiger partial charge in [-0.25, -0.2) is 4.79 Å². The molecule has 1 N–H and O–H groups in total. The van der Waals surface area contributed by atoms with Crippen LogP contribution in [0, 0.1) is 0 Å². The number of nitrogens with zero attached hydrogens (tertiary/aromatic N) is 1. The lowest BCUT2D eigenvalue weighted by Gasteiger charge is -2.12. The quantitative estimate of drug-likeness (QED) is 0.820. The predicted octanol–water partition coefficient (Wildman–Crippen LogP) is 2.13. The van der Waals surface area contributed by atoms with Gasteiger partial charge < -0.3 is 14.4 Å². The van der Waals surface area contributed by atoms with Gasteiger partial charge in [0.2, 0.25) is 5.43 Å². The topological polar surface area (TPSA) is 68.5 Å². The Balaban J connectivity index is 2.44. The van der Waals surface area contributed by atoms with Crippen LogP contribution >= 0.6 is 0 Å². The summed E-state index contributed by atoms with van der Waals surface area (Å²) in [5.74, 6) is -1.20. The summed E-state index contributed by atoms with van der Waals surface area (Å²) in [6.07, 6.45) is 2.18. The number of aromatic carboxylic acids is 1. The fraction of sp³-hybridized carbons (Fsp3) is 0.333. The lowest BCUT2D eigenvalue weighted by atomic mass is 10.1. The van der Waals surface area contributed by atoms with E-state index in [0.717, 1.165) is 11.9 Å². The van der Waals surface area contributed by atoms with E-state index in [2.05, 4.69) is 0 Å². The summed E-state index contributed by atoms with van der Waals surface area (Å²) in [6, 6.07) is 7.05. The highest BCUT2D eigenvalue weighted by Gasteiger charge is 2.13. The molecule has 0 saturated carbocycles. The number of aromatic nitrogens is 1. The Morgan fingerprint density at radius 1 is 1.35 bits per heavy atom. The van der Waals surface area contributed by atoms with E-state index in [1.54, 1.807) is 16.7 Å². The normalized spacial score (nSPS) is 10.8. The molecule has 5 heteroatoms. The molecular weight excluding hydrogens is 258 g/mol. The van der Waals surface area contributed by atoms with Gasteiger partial charge in [-0.2, -0.15) is 0 Å². The minimum Gasteiger partial charge on any atom is -0.477 e. The second-order valence-corrected chi connectivity index (χ2v) is 4.44. The molecule has 0 bridgehead atoms. The number of ether oxygens (including phenoxy) is 1. The minimum atomic E-state index is -1.20. The number of pyridine rings is 1. The van der Waals surface area contributed by atoms with Crippen molar-refractivity contribution >= 4 is 16.9 Å². The molecule has 20 heavy (non-hydrogen) atoms. The molecule has 0 amide bonds. The molecule has 5 nitrogen and oxygen atoms in total. The Hall–Kier alpha value is -2.14. The molecule has 1 heterocycles. The van der Waals surface area contributed by atoms with Gasteiger partial charge in [-0.05, 0) is 25.5 Å². The van der Waals surface area contributed by atoms with Crippen LogP contribution in [0.3, 0.4) is 0 Å². The maximum atomic E-state index is 12.1. The SMILES string of the molecule is CCOCCCn1cc(C(=O)O)c(=O)c2ccccc21. The third kappa shape index (κ3) is 2.88. The van der Waals surface area contributed by atoms with Crippen molar-refractivity contribution < 1.29 is 14.6 Å². The van der Waals surface area contributed by atoms with Gasteiger partial charge in [0.25, 0.3) is 0 Å². The molecule has 0 aliphatic carbocycles. The van der Waals surface area contributed by atoms with Gasteiger partial charge in [0.1, 0.15) is 5.56 Å². The average molecular weight is 275 g/mol. The number of para-hydroxylation sites is 1. The highest BCUT2D eigenvalue weighted by molar-refractivity contribution is 5.92.